The molecule has 1 aromatic carbocycles. The second kappa shape index (κ2) is 6.06. The Bertz CT molecular complexity index is 914. The predicted molar refractivity (Wildman–Crippen MR) is 82.4 cm³/mol. The lowest BCUT2D eigenvalue weighted by atomic mass is 10.3. The summed E-state index contributed by atoms with van der Waals surface area (Å²) in [7, 11) is 0. The number of thioether (sulfide) groups is 1. The Morgan fingerprint density at radius 3 is 2.73 bits per heavy atom. The van der Waals surface area contributed by atoms with E-state index in [1.165, 1.54) is 34.5 Å². The molecule has 3 nitrogen and oxygen atoms in total. The van der Waals surface area contributed by atoms with E-state index in [4.69, 9.17) is 11.6 Å². The molecule has 0 saturated carbocycles. The van der Waals surface area contributed by atoms with Gasteiger partial charge in [-0.05, 0) is 30.3 Å². The Morgan fingerprint density at radius 1 is 1.14 bits per heavy atom. The summed E-state index contributed by atoms with van der Waals surface area (Å²) in [5.74, 6) is -1.41. The molecule has 0 fully saturated rings. The third-order valence-electron chi connectivity index (χ3n) is 2.95. The molecule has 3 aromatic rings. The number of hydrogen-bond acceptors (Lipinski definition) is 3. The van der Waals surface area contributed by atoms with E-state index in [0.29, 0.717) is 27.0 Å². The summed E-state index contributed by atoms with van der Waals surface area (Å²) in [6.07, 6.45) is 1.50. The third-order valence-corrected chi connectivity index (χ3v) is 4.21. The van der Waals surface area contributed by atoms with E-state index < -0.39 is 11.6 Å². The first kappa shape index (κ1) is 15.0. The van der Waals surface area contributed by atoms with E-state index in [2.05, 4.69) is 4.98 Å². The summed E-state index contributed by atoms with van der Waals surface area (Å²) in [4.78, 5) is 16.9. The van der Waals surface area contributed by atoms with Crippen LogP contribution < -0.4 is 5.56 Å². The summed E-state index contributed by atoms with van der Waals surface area (Å²) in [5, 5.41) is 0.445. The Balaban J connectivity index is 1.86. The van der Waals surface area contributed by atoms with Gasteiger partial charge in [-0.25, -0.2) is 13.8 Å². The quantitative estimate of drug-likeness (QED) is 0.679. The molecule has 0 amide bonds. The van der Waals surface area contributed by atoms with Crippen molar-refractivity contribution in [3.05, 3.63) is 75.3 Å². The number of benzene rings is 1. The minimum absolute atomic E-state index is 0.242. The zero-order valence-electron chi connectivity index (χ0n) is 11.1. The van der Waals surface area contributed by atoms with Gasteiger partial charge in [-0.3, -0.25) is 9.20 Å². The van der Waals surface area contributed by atoms with Crippen molar-refractivity contribution in [2.75, 3.05) is 0 Å². The monoisotopic (exact) mass is 338 g/mol. The van der Waals surface area contributed by atoms with E-state index in [1.54, 1.807) is 12.1 Å². The lowest BCUT2D eigenvalue weighted by Gasteiger charge is -2.05. The van der Waals surface area contributed by atoms with Crippen molar-refractivity contribution < 1.29 is 8.78 Å². The molecule has 2 aromatic heterocycles. The molecule has 0 bridgehead atoms. The first-order chi connectivity index (χ1) is 10.5. The van der Waals surface area contributed by atoms with Crippen LogP contribution in [0.4, 0.5) is 8.78 Å². The number of pyridine rings is 1. The van der Waals surface area contributed by atoms with Gasteiger partial charge >= 0.3 is 0 Å². The van der Waals surface area contributed by atoms with Crippen LogP contribution in [0.1, 0.15) is 5.69 Å². The summed E-state index contributed by atoms with van der Waals surface area (Å²) >= 11 is 7.11. The molecule has 0 aliphatic rings. The van der Waals surface area contributed by atoms with E-state index in [1.807, 2.05) is 0 Å². The number of fused-ring (bicyclic) bond motifs is 1. The van der Waals surface area contributed by atoms with Gasteiger partial charge in [-0.1, -0.05) is 11.6 Å². The zero-order chi connectivity index (χ0) is 15.7. The molecule has 0 atom stereocenters. The Morgan fingerprint density at radius 2 is 1.95 bits per heavy atom. The van der Waals surface area contributed by atoms with Gasteiger partial charge in [0.05, 0.1) is 10.7 Å². The topological polar surface area (TPSA) is 34.4 Å². The van der Waals surface area contributed by atoms with Gasteiger partial charge in [0, 0.05) is 22.9 Å². The smallest absolute Gasteiger partial charge is 0.258 e. The van der Waals surface area contributed by atoms with Crippen LogP contribution in [0.2, 0.25) is 5.02 Å². The zero-order valence-corrected chi connectivity index (χ0v) is 12.7. The Kier molecular flexibility index (Phi) is 4.13. The number of rotatable bonds is 3. The molecule has 0 aliphatic carbocycles. The van der Waals surface area contributed by atoms with Crippen molar-refractivity contribution in [3.63, 3.8) is 0 Å². The molecule has 0 spiro atoms. The standard InChI is InChI=1S/C15H9ClF2N2OS/c16-9-1-4-14-19-10(5-15(21)20(14)7-9)8-22-11-2-3-12(17)13(18)6-11/h1-7H,8H2. The molecule has 0 radical (unpaired) electrons. The molecule has 22 heavy (non-hydrogen) atoms. The van der Waals surface area contributed by atoms with Gasteiger partial charge in [0.25, 0.3) is 5.56 Å². The lowest BCUT2D eigenvalue weighted by Crippen LogP contribution is -2.15. The van der Waals surface area contributed by atoms with Crippen LogP contribution in [0.25, 0.3) is 5.65 Å². The minimum atomic E-state index is -0.897. The van der Waals surface area contributed by atoms with Gasteiger partial charge in [0.1, 0.15) is 5.65 Å². The molecule has 0 saturated heterocycles. The Labute approximate surface area is 133 Å². The van der Waals surface area contributed by atoms with E-state index in [9.17, 15) is 13.6 Å². The summed E-state index contributed by atoms with van der Waals surface area (Å²) in [5.41, 5.74) is 0.799. The molecular weight excluding hydrogens is 330 g/mol. The Hall–Kier alpha value is -1.92. The molecule has 3 rings (SSSR count). The van der Waals surface area contributed by atoms with Gasteiger partial charge in [-0.2, -0.15) is 0 Å². The molecule has 2 heterocycles. The van der Waals surface area contributed by atoms with Crippen molar-refractivity contribution in [2.45, 2.75) is 10.6 Å². The van der Waals surface area contributed by atoms with Crippen molar-refractivity contribution in [1.82, 2.24) is 9.38 Å². The molecule has 7 heteroatoms. The average molecular weight is 339 g/mol. The van der Waals surface area contributed by atoms with Crippen LogP contribution in [0, 0.1) is 11.6 Å². The SMILES string of the molecule is O=c1cc(CSc2ccc(F)c(F)c2)nc2ccc(Cl)cn12. The number of nitrogens with zero attached hydrogens (tertiary/aromatic N) is 2. The summed E-state index contributed by atoms with van der Waals surface area (Å²) in [6.45, 7) is 0. The molecule has 0 N–H and O–H groups in total. The van der Waals surface area contributed by atoms with Gasteiger partial charge in [-0.15, -0.1) is 11.8 Å². The second-order valence-electron chi connectivity index (χ2n) is 4.53. The second-order valence-corrected chi connectivity index (χ2v) is 6.01. The summed E-state index contributed by atoms with van der Waals surface area (Å²) < 4.78 is 27.4. The number of halogens is 3. The van der Waals surface area contributed by atoms with Crippen LogP contribution in [0.15, 0.2) is 52.3 Å². The maximum Gasteiger partial charge on any atom is 0.258 e. The lowest BCUT2D eigenvalue weighted by molar-refractivity contribution is 0.506. The highest BCUT2D eigenvalue weighted by Gasteiger charge is 2.06. The maximum absolute atomic E-state index is 13.1. The molecule has 0 aliphatic heterocycles. The average Bonchev–Trinajstić information content (AvgIpc) is 2.49. The molecular formula is C15H9ClF2N2OS. The van der Waals surface area contributed by atoms with E-state index in [-0.39, 0.29) is 5.56 Å². The largest absolute Gasteiger partial charge is 0.269 e. The number of aromatic nitrogens is 2. The van der Waals surface area contributed by atoms with Crippen molar-refractivity contribution in [1.29, 1.82) is 0 Å². The minimum Gasteiger partial charge on any atom is -0.269 e. The predicted octanol–water partition coefficient (Wildman–Crippen LogP) is 3.92. The highest BCUT2D eigenvalue weighted by molar-refractivity contribution is 7.98. The van der Waals surface area contributed by atoms with E-state index in [0.717, 1.165) is 12.1 Å². The molecule has 0 unspecified atom stereocenters. The fourth-order valence-electron chi connectivity index (χ4n) is 1.92. The first-order valence-corrected chi connectivity index (χ1v) is 7.65. The fraction of sp³-hybridized carbons (Fsp3) is 0.0667. The highest BCUT2D eigenvalue weighted by atomic mass is 35.5. The maximum atomic E-state index is 13.1. The van der Waals surface area contributed by atoms with Gasteiger partial charge in [0.2, 0.25) is 0 Å². The molecule has 112 valence electrons. The first-order valence-electron chi connectivity index (χ1n) is 6.28. The van der Waals surface area contributed by atoms with E-state index >= 15 is 0 Å². The third kappa shape index (κ3) is 3.13. The van der Waals surface area contributed by atoms with Gasteiger partial charge < -0.3 is 0 Å². The van der Waals surface area contributed by atoms with Crippen molar-refractivity contribution in [2.24, 2.45) is 0 Å². The van der Waals surface area contributed by atoms with Gasteiger partial charge in [0.15, 0.2) is 11.6 Å². The van der Waals surface area contributed by atoms with Crippen LogP contribution in [-0.2, 0) is 5.75 Å². The van der Waals surface area contributed by atoms with Crippen molar-refractivity contribution >= 4 is 29.0 Å². The van der Waals surface area contributed by atoms with Crippen LogP contribution >= 0.6 is 23.4 Å². The fourth-order valence-corrected chi connectivity index (χ4v) is 2.90. The van der Waals surface area contributed by atoms with Crippen LogP contribution in [0.5, 0.6) is 0 Å². The normalized spacial score (nSPS) is 11.0. The number of hydrogen-bond donors (Lipinski definition) is 0. The summed E-state index contributed by atoms with van der Waals surface area (Å²) in [6, 6.07) is 8.37. The highest BCUT2D eigenvalue weighted by Crippen LogP contribution is 2.23. The van der Waals surface area contributed by atoms with Crippen molar-refractivity contribution in [3.8, 4) is 0 Å². The van der Waals surface area contributed by atoms with Crippen LogP contribution in [0.3, 0.4) is 0 Å². The van der Waals surface area contributed by atoms with Crippen LogP contribution in [-0.4, -0.2) is 9.38 Å².